The number of phenolic OH excluding ortho intramolecular Hbond substituents is 1. The highest BCUT2D eigenvalue weighted by Gasteiger charge is 2.26. The first-order chi connectivity index (χ1) is 7.43. The van der Waals surface area contributed by atoms with Gasteiger partial charge in [0.15, 0.2) is 6.04 Å². The second-order valence-corrected chi connectivity index (χ2v) is 3.47. The lowest BCUT2D eigenvalue weighted by atomic mass is 10.1. The van der Waals surface area contributed by atoms with Crippen molar-refractivity contribution >= 4 is 11.9 Å². The molecule has 0 saturated heterocycles. The molecule has 5 nitrogen and oxygen atoms in total. The summed E-state index contributed by atoms with van der Waals surface area (Å²) >= 11 is 0. The minimum Gasteiger partial charge on any atom is -0.508 e. The van der Waals surface area contributed by atoms with Crippen LogP contribution in [-0.4, -0.2) is 34.0 Å². The number of likely N-dealkylation sites (N-methyl/N-ethyl adjacent to an activating group) is 1. The molecule has 0 heterocycles. The van der Waals surface area contributed by atoms with Crippen molar-refractivity contribution in [2.75, 3.05) is 7.05 Å². The molecule has 86 valence electrons. The maximum absolute atomic E-state index is 11.1. The number of rotatable bonds is 3. The number of carbonyl (C=O) groups is 2. The van der Waals surface area contributed by atoms with Crippen LogP contribution in [0.15, 0.2) is 24.3 Å². The molecule has 0 aliphatic rings. The Labute approximate surface area is 92.9 Å². The summed E-state index contributed by atoms with van der Waals surface area (Å²) in [5.74, 6) is -1.51. The summed E-state index contributed by atoms with van der Waals surface area (Å²) in [7, 11) is 1.41. The number of hydrogen-bond donors (Lipinski definition) is 2. The van der Waals surface area contributed by atoms with Crippen molar-refractivity contribution in [1.82, 2.24) is 4.90 Å². The molecule has 1 amide bonds. The minimum absolute atomic E-state index is 0.0271. The molecule has 0 fully saturated rings. The third kappa shape index (κ3) is 2.50. The van der Waals surface area contributed by atoms with Crippen LogP contribution in [-0.2, 0) is 9.59 Å². The van der Waals surface area contributed by atoms with Gasteiger partial charge >= 0.3 is 5.97 Å². The molecule has 0 aliphatic heterocycles. The first kappa shape index (κ1) is 12.0. The van der Waals surface area contributed by atoms with Crippen molar-refractivity contribution in [1.29, 1.82) is 0 Å². The summed E-state index contributed by atoms with van der Waals surface area (Å²) in [6, 6.07) is 4.78. The molecule has 1 unspecified atom stereocenters. The molecule has 16 heavy (non-hydrogen) atoms. The Balaban J connectivity index is 3.12. The van der Waals surface area contributed by atoms with Crippen LogP contribution >= 0.6 is 0 Å². The van der Waals surface area contributed by atoms with Crippen molar-refractivity contribution in [3.05, 3.63) is 29.8 Å². The van der Waals surface area contributed by atoms with Crippen LogP contribution in [0.3, 0.4) is 0 Å². The average Bonchev–Trinajstić information content (AvgIpc) is 2.17. The number of benzene rings is 1. The lowest BCUT2D eigenvalue weighted by Crippen LogP contribution is -2.34. The molecular weight excluding hydrogens is 210 g/mol. The minimum atomic E-state index is -1.14. The number of aliphatic carboxylic acids is 1. The molecule has 0 bridgehead atoms. The van der Waals surface area contributed by atoms with Gasteiger partial charge in [-0.05, 0) is 17.7 Å². The van der Waals surface area contributed by atoms with E-state index in [2.05, 4.69) is 0 Å². The normalized spacial score (nSPS) is 11.9. The second kappa shape index (κ2) is 4.65. The number of carboxylic acids is 1. The van der Waals surface area contributed by atoms with E-state index in [4.69, 9.17) is 5.11 Å². The van der Waals surface area contributed by atoms with Crippen molar-refractivity contribution in [2.45, 2.75) is 13.0 Å². The first-order valence-electron chi connectivity index (χ1n) is 4.68. The molecular formula is C11H13NO4. The summed E-state index contributed by atoms with van der Waals surface area (Å²) in [6.07, 6.45) is 0. The van der Waals surface area contributed by atoms with Crippen molar-refractivity contribution in [3.63, 3.8) is 0 Å². The predicted molar refractivity (Wildman–Crippen MR) is 56.9 cm³/mol. The third-order valence-electron chi connectivity index (χ3n) is 2.30. The molecule has 0 aromatic heterocycles. The highest BCUT2D eigenvalue weighted by molar-refractivity contribution is 5.83. The van der Waals surface area contributed by atoms with Crippen molar-refractivity contribution in [2.24, 2.45) is 0 Å². The standard InChI is InChI=1S/C11H13NO4/c1-7(13)12(2)10(11(15)16)8-4-3-5-9(14)6-8/h3-6,10,14H,1-2H3,(H,15,16). The number of carbonyl (C=O) groups excluding carboxylic acids is 1. The number of phenols is 1. The molecule has 1 aromatic rings. The maximum Gasteiger partial charge on any atom is 0.331 e. The van der Waals surface area contributed by atoms with Crippen LogP contribution in [0, 0.1) is 0 Å². The van der Waals surface area contributed by atoms with Gasteiger partial charge < -0.3 is 15.1 Å². The zero-order chi connectivity index (χ0) is 12.3. The van der Waals surface area contributed by atoms with Gasteiger partial charge in [-0.25, -0.2) is 4.79 Å². The maximum atomic E-state index is 11.1. The van der Waals surface area contributed by atoms with Crippen molar-refractivity contribution in [3.8, 4) is 5.75 Å². The summed E-state index contributed by atoms with van der Waals surface area (Å²) in [5, 5.41) is 18.3. The van der Waals surface area contributed by atoms with E-state index in [1.807, 2.05) is 0 Å². The zero-order valence-corrected chi connectivity index (χ0v) is 9.04. The number of amides is 1. The fourth-order valence-electron chi connectivity index (χ4n) is 1.41. The predicted octanol–water partition coefficient (Wildman–Crippen LogP) is 0.996. The largest absolute Gasteiger partial charge is 0.508 e. The van der Waals surface area contributed by atoms with Gasteiger partial charge in [0.25, 0.3) is 0 Å². The number of hydrogen-bond acceptors (Lipinski definition) is 3. The van der Waals surface area contributed by atoms with Gasteiger partial charge in [0, 0.05) is 14.0 Å². The summed E-state index contributed by atoms with van der Waals surface area (Å²) in [5.41, 5.74) is 0.366. The molecule has 1 atom stereocenters. The quantitative estimate of drug-likeness (QED) is 0.801. The van der Waals surface area contributed by atoms with E-state index in [0.717, 1.165) is 4.90 Å². The van der Waals surface area contributed by atoms with Crippen LogP contribution in [0.25, 0.3) is 0 Å². The molecule has 1 rings (SSSR count). The summed E-state index contributed by atoms with van der Waals surface area (Å²) in [4.78, 5) is 23.3. The zero-order valence-electron chi connectivity index (χ0n) is 9.04. The fraction of sp³-hybridized carbons (Fsp3) is 0.273. The Kier molecular flexibility index (Phi) is 3.50. The van der Waals surface area contributed by atoms with Crippen LogP contribution in [0.5, 0.6) is 5.75 Å². The van der Waals surface area contributed by atoms with Crippen LogP contribution in [0.4, 0.5) is 0 Å². The Morgan fingerprint density at radius 1 is 1.38 bits per heavy atom. The number of nitrogens with zero attached hydrogens (tertiary/aromatic N) is 1. The third-order valence-corrected chi connectivity index (χ3v) is 2.30. The molecule has 0 spiro atoms. The first-order valence-corrected chi connectivity index (χ1v) is 4.68. The van der Waals surface area contributed by atoms with Crippen LogP contribution < -0.4 is 0 Å². The Morgan fingerprint density at radius 3 is 2.44 bits per heavy atom. The van der Waals surface area contributed by atoms with E-state index in [1.165, 1.54) is 32.2 Å². The van der Waals surface area contributed by atoms with Gasteiger partial charge in [0.05, 0.1) is 0 Å². The smallest absolute Gasteiger partial charge is 0.331 e. The fourth-order valence-corrected chi connectivity index (χ4v) is 1.41. The van der Waals surface area contributed by atoms with Gasteiger partial charge in [0.2, 0.25) is 5.91 Å². The van der Waals surface area contributed by atoms with E-state index in [9.17, 15) is 14.7 Å². The number of aromatic hydroxyl groups is 1. The van der Waals surface area contributed by atoms with E-state index >= 15 is 0 Å². The molecule has 0 saturated carbocycles. The van der Waals surface area contributed by atoms with Gasteiger partial charge in [-0.2, -0.15) is 0 Å². The van der Waals surface area contributed by atoms with Crippen LogP contribution in [0.1, 0.15) is 18.5 Å². The molecule has 0 radical (unpaired) electrons. The topological polar surface area (TPSA) is 77.8 Å². The molecule has 2 N–H and O–H groups in total. The highest BCUT2D eigenvalue weighted by Crippen LogP contribution is 2.23. The van der Waals surface area contributed by atoms with E-state index in [0.29, 0.717) is 5.56 Å². The Hall–Kier alpha value is -2.04. The van der Waals surface area contributed by atoms with E-state index < -0.39 is 12.0 Å². The van der Waals surface area contributed by atoms with E-state index in [1.54, 1.807) is 6.07 Å². The second-order valence-electron chi connectivity index (χ2n) is 3.47. The SMILES string of the molecule is CC(=O)N(C)C(C(=O)O)c1cccc(O)c1. The van der Waals surface area contributed by atoms with Gasteiger partial charge in [-0.15, -0.1) is 0 Å². The average molecular weight is 223 g/mol. The summed E-state index contributed by atoms with van der Waals surface area (Å²) < 4.78 is 0. The number of carboxylic acid groups (broad SMARTS) is 1. The Morgan fingerprint density at radius 2 is 2.00 bits per heavy atom. The lowest BCUT2D eigenvalue weighted by Gasteiger charge is -2.23. The lowest BCUT2D eigenvalue weighted by molar-refractivity contribution is -0.148. The summed E-state index contributed by atoms with van der Waals surface area (Å²) in [6.45, 7) is 1.29. The van der Waals surface area contributed by atoms with Gasteiger partial charge in [0.1, 0.15) is 5.75 Å². The molecule has 1 aromatic carbocycles. The Bertz CT molecular complexity index is 416. The molecule has 0 aliphatic carbocycles. The molecule has 5 heteroatoms. The van der Waals surface area contributed by atoms with Gasteiger partial charge in [-0.3, -0.25) is 4.79 Å². The van der Waals surface area contributed by atoms with E-state index in [-0.39, 0.29) is 11.7 Å². The van der Waals surface area contributed by atoms with Gasteiger partial charge in [-0.1, -0.05) is 12.1 Å². The van der Waals surface area contributed by atoms with Crippen LogP contribution in [0.2, 0.25) is 0 Å². The van der Waals surface area contributed by atoms with Crippen molar-refractivity contribution < 1.29 is 19.8 Å². The highest BCUT2D eigenvalue weighted by atomic mass is 16.4. The monoisotopic (exact) mass is 223 g/mol.